The van der Waals surface area contributed by atoms with Crippen LogP contribution in [-0.2, 0) is 0 Å². The van der Waals surface area contributed by atoms with Crippen molar-refractivity contribution in [2.24, 2.45) is 0 Å². The molecular weight excluding hydrogens is 343 g/mol. The highest BCUT2D eigenvalue weighted by atomic mass is 35.5. The lowest BCUT2D eigenvalue weighted by Gasteiger charge is -2.15. The summed E-state index contributed by atoms with van der Waals surface area (Å²) in [6.45, 7) is 1.97. The third-order valence-electron chi connectivity index (χ3n) is 4.27. The summed E-state index contributed by atoms with van der Waals surface area (Å²) >= 11 is 6.48. The van der Waals surface area contributed by atoms with E-state index in [-0.39, 0.29) is 5.56 Å². The number of para-hydroxylation sites is 1. The van der Waals surface area contributed by atoms with Gasteiger partial charge in [0.15, 0.2) is 0 Å². The third-order valence-corrected chi connectivity index (χ3v) is 4.59. The molecule has 0 saturated carbocycles. The van der Waals surface area contributed by atoms with Crippen LogP contribution in [0, 0.1) is 6.92 Å². The fourth-order valence-electron chi connectivity index (χ4n) is 3.00. The van der Waals surface area contributed by atoms with Crippen molar-refractivity contribution in [2.45, 2.75) is 6.92 Å². The van der Waals surface area contributed by atoms with Crippen LogP contribution in [0.25, 0.3) is 28.0 Å². The maximum atomic E-state index is 13.3. The fraction of sp³-hybridized carbons (Fsp3) is 0.0476. The number of aromatic nitrogens is 2. The number of nitrogens with zero attached hydrogens (tertiary/aromatic N) is 2. The van der Waals surface area contributed by atoms with Gasteiger partial charge in [0, 0.05) is 5.56 Å². The van der Waals surface area contributed by atoms with E-state index in [1.807, 2.05) is 55.5 Å². The molecule has 0 aliphatic carbocycles. The first kappa shape index (κ1) is 16.6. The third kappa shape index (κ3) is 2.82. The molecule has 124 valence electrons. The average Bonchev–Trinajstić information content (AvgIpc) is 2.62. The average molecular weight is 357 g/mol. The van der Waals surface area contributed by atoms with Gasteiger partial charge in [0.2, 0.25) is 0 Å². The first-order chi connectivity index (χ1) is 12.5. The maximum absolute atomic E-state index is 13.3. The normalized spacial score (nSPS) is 11.0. The van der Waals surface area contributed by atoms with Crippen LogP contribution in [0.5, 0.6) is 0 Å². The maximum Gasteiger partial charge on any atom is 0.266 e. The highest BCUT2D eigenvalue weighted by molar-refractivity contribution is 6.33. The summed E-state index contributed by atoms with van der Waals surface area (Å²) < 4.78 is 1.59. The SMILES string of the molecule is [B]c1ccc2c(=O)n(-c3ccccc3)c(-c3ccc(C)cc3Cl)nc2c1. The van der Waals surface area contributed by atoms with Gasteiger partial charge in [-0.05, 0) is 48.9 Å². The van der Waals surface area contributed by atoms with Gasteiger partial charge < -0.3 is 0 Å². The molecule has 0 unspecified atom stereocenters. The number of halogens is 1. The zero-order valence-electron chi connectivity index (χ0n) is 14.1. The lowest BCUT2D eigenvalue weighted by atomic mass is 9.95. The number of rotatable bonds is 2. The predicted octanol–water partition coefficient (Wildman–Crippen LogP) is 3.81. The van der Waals surface area contributed by atoms with Gasteiger partial charge in [-0.15, -0.1) is 0 Å². The number of aryl methyl sites for hydroxylation is 1. The second kappa shape index (κ2) is 6.47. The van der Waals surface area contributed by atoms with E-state index < -0.39 is 0 Å². The summed E-state index contributed by atoms with van der Waals surface area (Å²) in [6, 6.07) is 20.2. The molecule has 5 heteroatoms. The van der Waals surface area contributed by atoms with Gasteiger partial charge in [0.05, 0.1) is 21.6 Å². The molecule has 1 aromatic heterocycles. The van der Waals surface area contributed by atoms with Gasteiger partial charge in [-0.3, -0.25) is 9.36 Å². The second-order valence-electron chi connectivity index (χ2n) is 6.17. The van der Waals surface area contributed by atoms with E-state index in [0.717, 1.165) is 11.3 Å². The highest BCUT2D eigenvalue weighted by Crippen LogP contribution is 2.29. The number of fused-ring (bicyclic) bond motifs is 1. The Kier molecular flexibility index (Phi) is 4.13. The molecule has 0 saturated heterocycles. The summed E-state index contributed by atoms with van der Waals surface area (Å²) in [5, 5.41) is 1.06. The van der Waals surface area contributed by atoms with Crippen molar-refractivity contribution in [3.63, 3.8) is 0 Å². The van der Waals surface area contributed by atoms with Gasteiger partial charge in [-0.25, -0.2) is 4.98 Å². The van der Waals surface area contributed by atoms with Crippen molar-refractivity contribution in [3.8, 4) is 17.1 Å². The van der Waals surface area contributed by atoms with E-state index in [0.29, 0.717) is 32.8 Å². The molecule has 0 aliphatic rings. The second-order valence-corrected chi connectivity index (χ2v) is 6.58. The van der Waals surface area contributed by atoms with Crippen LogP contribution in [0.2, 0.25) is 5.02 Å². The molecule has 4 aromatic rings. The van der Waals surface area contributed by atoms with Gasteiger partial charge in [0.1, 0.15) is 13.7 Å². The Morgan fingerprint density at radius 2 is 1.77 bits per heavy atom. The fourth-order valence-corrected chi connectivity index (χ4v) is 3.32. The van der Waals surface area contributed by atoms with Crippen LogP contribution in [0.3, 0.4) is 0 Å². The van der Waals surface area contributed by atoms with Gasteiger partial charge in [0.25, 0.3) is 5.56 Å². The minimum Gasteiger partial charge on any atom is -0.268 e. The zero-order valence-corrected chi connectivity index (χ0v) is 14.9. The van der Waals surface area contributed by atoms with Gasteiger partial charge in [-0.2, -0.15) is 0 Å². The minimum absolute atomic E-state index is 0.159. The van der Waals surface area contributed by atoms with Crippen molar-refractivity contribution in [2.75, 3.05) is 0 Å². The molecule has 0 atom stereocenters. The van der Waals surface area contributed by atoms with E-state index in [1.165, 1.54) is 0 Å². The van der Waals surface area contributed by atoms with Crippen molar-refractivity contribution in [1.82, 2.24) is 9.55 Å². The summed E-state index contributed by atoms with van der Waals surface area (Å²) in [5.74, 6) is 0.490. The predicted molar refractivity (Wildman–Crippen MR) is 108 cm³/mol. The molecule has 3 nitrogen and oxygen atoms in total. The molecule has 3 aromatic carbocycles. The van der Waals surface area contributed by atoms with Gasteiger partial charge >= 0.3 is 0 Å². The molecule has 0 fully saturated rings. The molecular formula is C21H14BClN2O. The van der Waals surface area contributed by atoms with Crippen molar-refractivity contribution in [3.05, 3.63) is 87.7 Å². The van der Waals surface area contributed by atoms with Crippen LogP contribution in [-0.4, -0.2) is 17.4 Å². The molecule has 2 radical (unpaired) electrons. The Balaban J connectivity index is 2.14. The Bertz CT molecular complexity index is 1190. The molecule has 0 amide bonds. The molecule has 26 heavy (non-hydrogen) atoms. The topological polar surface area (TPSA) is 34.9 Å². The monoisotopic (exact) mass is 356 g/mol. The van der Waals surface area contributed by atoms with Crippen LogP contribution in [0.1, 0.15) is 5.56 Å². The van der Waals surface area contributed by atoms with Gasteiger partial charge in [-0.1, -0.05) is 47.4 Å². The van der Waals surface area contributed by atoms with E-state index in [9.17, 15) is 4.79 Å². The standard InChI is InChI=1S/C21H14BClN2O/c1-13-7-9-16(18(23)11-13)20-24-19-12-14(22)8-10-17(19)21(26)25(20)15-5-3-2-4-6-15/h2-12H,1H3. The highest BCUT2D eigenvalue weighted by Gasteiger charge is 2.16. The number of hydrogen-bond donors (Lipinski definition) is 0. The van der Waals surface area contributed by atoms with Crippen LogP contribution >= 0.6 is 11.6 Å². The smallest absolute Gasteiger partial charge is 0.266 e. The number of benzene rings is 3. The largest absolute Gasteiger partial charge is 0.268 e. The Hall–Kier alpha value is -2.85. The summed E-state index contributed by atoms with van der Waals surface area (Å²) in [6.07, 6.45) is 0. The summed E-state index contributed by atoms with van der Waals surface area (Å²) in [7, 11) is 5.89. The lowest BCUT2D eigenvalue weighted by Crippen LogP contribution is -2.22. The molecule has 1 heterocycles. The molecule has 0 aliphatic heterocycles. The molecule has 0 bridgehead atoms. The summed E-state index contributed by atoms with van der Waals surface area (Å²) in [4.78, 5) is 18.0. The van der Waals surface area contributed by atoms with E-state index in [4.69, 9.17) is 24.4 Å². The number of hydrogen-bond acceptors (Lipinski definition) is 2. The first-order valence-electron chi connectivity index (χ1n) is 8.19. The van der Waals surface area contributed by atoms with E-state index in [1.54, 1.807) is 22.8 Å². The van der Waals surface area contributed by atoms with Crippen LogP contribution in [0.15, 0.2) is 71.5 Å². The minimum atomic E-state index is -0.159. The first-order valence-corrected chi connectivity index (χ1v) is 8.56. The molecule has 0 N–H and O–H groups in total. The van der Waals surface area contributed by atoms with Crippen molar-refractivity contribution in [1.29, 1.82) is 0 Å². The zero-order chi connectivity index (χ0) is 18.3. The lowest BCUT2D eigenvalue weighted by molar-refractivity contribution is 0.976. The molecule has 0 spiro atoms. The van der Waals surface area contributed by atoms with E-state index in [2.05, 4.69) is 0 Å². The van der Waals surface area contributed by atoms with Crippen molar-refractivity contribution >= 4 is 35.8 Å². The van der Waals surface area contributed by atoms with Crippen LogP contribution in [0.4, 0.5) is 0 Å². The van der Waals surface area contributed by atoms with E-state index >= 15 is 0 Å². The Labute approximate surface area is 157 Å². The Morgan fingerprint density at radius 1 is 1.00 bits per heavy atom. The van der Waals surface area contributed by atoms with Crippen LogP contribution < -0.4 is 11.0 Å². The quantitative estimate of drug-likeness (QED) is 0.512. The Morgan fingerprint density at radius 3 is 2.50 bits per heavy atom. The van der Waals surface area contributed by atoms with Crippen molar-refractivity contribution < 1.29 is 0 Å². The molecule has 4 rings (SSSR count). The summed E-state index contributed by atoms with van der Waals surface area (Å²) in [5.41, 5.74) is 3.42.